The van der Waals surface area contributed by atoms with Crippen molar-refractivity contribution in [3.63, 3.8) is 0 Å². The molecule has 0 aliphatic carbocycles. The van der Waals surface area contributed by atoms with E-state index in [2.05, 4.69) is 0 Å². The lowest BCUT2D eigenvalue weighted by atomic mass is 10.2. The lowest BCUT2D eigenvalue weighted by Gasteiger charge is -2.23. The Morgan fingerprint density at radius 1 is 1.37 bits per heavy atom. The maximum absolute atomic E-state index is 12.5. The van der Waals surface area contributed by atoms with Crippen LogP contribution in [0.3, 0.4) is 0 Å². The van der Waals surface area contributed by atoms with Crippen LogP contribution in [0.15, 0.2) is 29.2 Å². The second kappa shape index (κ2) is 5.90. The Balaban J connectivity index is 2.17. The fourth-order valence-corrected chi connectivity index (χ4v) is 3.68. The molecule has 1 aliphatic rings. The van der Waals surface area contributed by atoms with Crippen LogP contribution in [0.1, 0.15) is 19.8 Å². The van der Waals surface area contributed by atoms with Crippen LogP contribution in [0.5, 0.6) is 0 Å². The van der Waals surface area contributed by atoms with E-state index in [4.69, 9.17) is 10.5 Å². The van der Waals surface area contributed by atoms with Crippen LogP contribution in [-0.4, -0.2) is 38.5 Å². The zero-order valence-corrected chi connectivity index (χ0v) is 11.9. The third-order valence-corrected chi connectivity index (χ3v) is 5.26. The summed E-state index contributed by atoms with van der Waals surface area (Å²) in [5.74, 6) is 0. The topological polar surface area (TPSA) is 72.6 Å². The summed E-state index contributed by atoms with van der Waals surface area (Å²) < 4.78 is 32.0. The van der Waals surface area contributed by atoms with Gasteiger partial charge in [0.05, 0.1) is 11.0 Å². The van der Waals surface area contributed by atoms with Crippen molar-refractivity contribution >= 4 is 15.7 Å². The number of nitrogens with zero attached hydrogens (tertiary/aromatic N) is 1. The average molecular weight is 284 g/mol. The molecule has 1 saturated heterocycles. The predicted molar refractivity (Wildman–Crippen MR) is 74.3 cm³/mol. The third kappa shape index (κ3) is 3.26. The van der Waals surface area contributed by atoms with Crippen molar-refractivity contribution in [2.24, 2.45) is 0 Å². The summed E-state index contributed by atoms with van der Waals surface area (Å²) in [6.45, 7) is 3.42. The smallest absolute Gasteiger partial charge is 0.243 e. The van der Waals surface area contributed by atoms with E-state index >= 15 is 0 Å². The number of hydrogen-bond acceptors (Lipinski definition) is 4. The van der Waals surface area contributed by atoms with E-state index in [0.717, 1.165) is 19.4 Å². The number of nitrogens with two attached hydrogens (primary N) is 1. The first-order chi connectivity index (χ1) is 9.04. The SMILES string of the molecule is CCN(CC1CCCO1)S(=O)(=O)c1ccc(N)cc1. The first-order valence-corrected chi connectivity index (χ1v) is 7.95. The summed E-state index contributed by atoms with van der Waals surface area (Å²) in [5.41, 5.74) is 6.14. The van der Waals surface area contributed by atoms with E-state index in [1.54, 1.807) is 24.3 Å². The molecule has 106 valence electrons. The van der Waals surface area contributed by atoms with Gasteiger partial charge in [0.15, 0.2) is 0 Å². The van der Waals surface area contributed by atoms with Crippen molar-refractivity contribution in [2.75, 3.05) is 25.4 Å². The number of hydrogen-bond donors (Lipinski definition) is 1. The number of ether oxygens (including phenoxy) is 1. The van der Waals surface area contributed by atoms with Crippen LogP contribution in [0.25, 0.3) is 0 Å². The van der Waals surface area contributed by atoms with Crippen LogP contribution >= 0.6 is 0 Å². The Bertz CT molecular complexity index is 507. The van der Waals surface area contributed by atoms with Crippen LogP contribution in [0.2, 0.25) is 0 Å². The Hall–Kier alpha value is -1.11. The number of benzene rings is 1. The molecule has 1 aromatic rings. The molecule has 19 heavy (non-hydrogen) atoms. The minimum Gasteiger partial charge on any atom is -0.399 e. The second-order valence-corrected chi connectivity index (χ2v) is 6.60. The highest BCUT2D eigenvalue weighted by molar-refractivity contribution is 7.89. The zero-order chi connectivity index (χ0) is 13.9. The molecular weight excluding hydrogens is 264 g/mol. The Kier molecular flexibility index (Phi) is 4.44. The van der Waals surface area contributed by atoms with Gasteiger partial charge in [-0.05, 0) is 37.1 Å². The fraction of sp³-hybridized carbons (Fsp3) is 0.538. The second-order valence-electron chi connectivity index (χ2n) is 4.66. The fourth-order valence-electron chi connectivity index (χ4n) is 2.20. The number of rotatable bonds is 5. The van der Waals surface area contributed by atoms with Gasteiger partial charge in [0, 0.05) is 25.4 Å². The van der Waals surface area contributed by atoms with Crippen LogP contribution in [-0.2, 0) is 14.8 Å². The summed E-state index contributed by atoms with van der Waals surface area (Å²) in [6.07, 6.45) is 1.95. The molecule has 6 heteroatoms. The molecule has 1 atom stereocenters. The minimum atomic E-state index is -3.46. The molecule has 2 rings (SSSR count). The molecule has 0 saturated carbocycles. The van der Waals surface area contributed by atoms with E-state index < -0.39 is 10.0 Å². The summed E-state index contributed by atoms with van der Waals surface area (Å²) in [4.78, 5) is 0.279. The maximum atomic E-state index is 12.5. The molecule has 0 bridgehead atoms. The number of anilines is 1. The van der Waals surface area contributed by atoms with Crippen molar-refractivity contribution < 1.29 is 13.2 Å². The first-order valence-electron chi connectivity index (χ1n) is 6.51. The predicted octanol–water partition coefficient (Wildman–Crippen LogP) is 1.46. The molecule has 0 aromatic heterocycles. The van der Waals surface area contributed by atoms with Gasteiger partial charge in [-0.15, -0.1) is 0 Å². The van der Waals surface area contributed by atoms with Gasteiger partial charge in [-0.2, -0.15) is 4.31 Å². The molecular formula is C13H20N2O3S. The van der Waals surface area contributed by atoms with Gasteiger partial charge in [-0.1, -0.05) is 6.92 Å². The van der Waals surface area contributed by atoms with E-state index in [1.165, 1.54) is 4.31 Å². The molecule has 1 heterocycles. The van der Waals surface area contributed by atoms with Crippen LogP contribution in [0.4, 0.5) is 5.69 Å². The molecule has 2 N–H and O–H groups in total. The van der Waals surface area contributed by atoms with Crippen molar-refractivity contribution in [3.05, 3.63) is 24.3 Å². The maximum Gasteiger partial charge on any atom is 0.243 e. The Morgan fingerprint density at radius 3 is 2.58 bits per heavy atom. The molecule has 0 spiro atoms. The minimum absolute atomic E-state index is 0.0171. The van der Waals surface area contributed by atoms with Crippen molar-refractivity contribution in [2.45, 2.75) is 30.8 Å². The Labute approximate surface area is 114 Å². The summed E-state index contributed by atoms with van der Waals surface area (Å²) >= 11 is 0. The summed E-state index contributed by atoms with van der Waals surface area (Å²) in [5, 5.41) is 0. The van der Waals surface area contributed by atoms with E-state index in [0.29, 0.717) is 18.8 Å². The monoisotopic (exact) mass is 284 g/mol. The summed E-state index contributed by atoms with van der Waals surface area (Å²) in [7, 11) is -3.46. The molecule has 0 amide bonds. The highest BCUT2D eigenvalue weighted by Gasteiger charge is 2.27. The zero-order valence-electron chi connectivity index (χ0n) is 11.1. The van der Waals surface area contributed by atoms with Gasteiger partial charge < -0.3 is 10.5 Å². The highest BCUT2D eigenvalue weighted by Crippen LogP contribution is 2.20. The highest BCUT2D eigenvalue weighted by atomic mass is 32.2. The molecule has 1 unspecified atom stereocenters. The lowest BCUT2D eigenvalue weighted by Crippen LogP contribution is -2.37. The molecule has 1 aliphatic heterocycles. The van der Waals surface area contributed by atoms with E-state index in [9.17, 15) is 8.42 Å². The molecule has 1 aromatic carbocycles. The van der Waals surface area contributed by atoms with Gasteiger partial charge in [0.25, 0.3) is 0 Å². The first kappa shape index (κ1) is 14.3. The van der Waals surface area contributed by atoms with Crippen LogP contribution in [0, 0.1) is 0 Å². The normalized spacial score (nSPS) is 20.0. The number of likely N-dealkylation sites (N-methyl/N-ethyl adjacent to an activating group) is 1. The van der Waals surface area contributed by atoms with E-state index in [-0.39, 0.29) is 11.0 Å². The number of nitrogen functional groups attached to an aromatic ring is 1. The van der Waals surface area contributed by atoms with E-state index in [1.807, 2.05) is 6.92 Å². The average Bonchev–Trinajstić information content (AvgIpc) is 2.89. The number of sulfonamides is 1. The van der Waals surface area contributed by atoms with Crippen molar-refractivity contribution in [3.8, 4) is 0 Å². The lowest BCUT2D eigenvalue weighted by molar-refractivity contribution is 0.0947. The van der Waals surface area contributed by atoms with Crippen molar-refractivity contribution in [1.29, 1.82) is 0 Å². The van der Waals surface area contributed by atoms with Gasteiger partial charge in [-0.25, -0.2) is 8.42 Å². The van der Waals surface area contributed by atoms with Crippen LogP contribution < -0.4 is 5.73 Å². The van der Waals surface area contributed by atoms with Gasteiger partial charge >= 0.3 is 0 Å². The van der Waals surface area contributed by atoms with Gasteiger partial charge in [-0.3, -0.25) is 0 Å². The quantitative estimate of drug-likeness (QED) is 0.831. The van der Waals surface area contributed by atoms with Gasteiger partial charge in [0.2, 0.25) is 10.0 Å². The Morgan fingerprint density at radius 2 is 2.05 bits per heavy atom. The standard InChI is InChI=1S/C13H20N2O3S/c1-2-15(10-12-4-3-9-18-12)19(16,17)13-7-5-11(14)6-8-13/h5-8,12H,2-4,9-10,14H2,1H3. The molecule has 1 fully saturated rings. The van der Waals surface area contributed by atoms with Crippen molar-refractivity contribution in [1.82, 2.24) is 4.31 Å². The summed E-state index contributed by atoms with van der Waals surface area (Å²) in [6, 6.07) is 6.30. The third-order valence-electron chi connectivity index (χ3n) is 3.30. The molecule has 5 nitrogen and oxygen atoms in total. The largest absolute Gasteiger partial charge is 0.399 e. The molecule has 0 radical (unpaired) electrons. The van der Waals surface area contributed by atoms with Gasteiger partial charge in [0.1, 0.15) is 0 Å².